The van der Waals surface area contributed by atoms with E-state index in [-0.39, 0.29) is 5.91 Å². The maximum atomic E-state index is 12.4. The molecule has 1 aromatic carbocycles. The molecule has 0 aliphatic carbocycles. The fourth-order valence-electron chi connectivity index (χ4n) is 3.13. The Morgan fingerprint density at radius 2 is 2.00 bits per heavy atom. The third-order valence-corrected chi connectivity index (χ3v) is 4.42. The molecule has 0 saturated carbocycles. The smallest absolute Gasteiger partial charge is 0.272 e. The number of likely N-dealkylation sites (tertiary alicyclic amines) is 1. The Kier molecular flexibility index (Phi) is 4.24. The van der Waals surface area contributed by atoms with Crippen molar-refractivity contribution in [3.8, 4) is 11.5 Å². The fraction of sp³-hybridized carbons (Fsp3) is 0.263. The molecule has 2 aromatic heterocycles. The molecule has 1 aliphatic heterocycles. The van der Waals surface area contributed by atoms with Crippen LogP contribution in [0.2, 0.25) is 0 Å². The molecule has 3 aromatic rings. The standard InChI is InChI=1S/C19H18N4O2/c24-19(16-8-4-5-10-20-16)23-11-9-14(13-23)12-17-21-18(25-22-17)15-6-2-1-3-7-15/h1-8,10,14H,9,11-13H2. The van der Waals surface area contributed by atoms with Crippen molar-refractivity contribution in [3.05, 3.63) is 66.2 Å². The topological polar surface area (TPSA) is 72.1 Å². The summed E-state index contributed by atoms with van der Waals surface area (Å²) in [6.07, 6.45) is 3.29. The summed E-state index contributed by atoms with van der Waals surface area (Å²) in [6, 6.07) is 15.1. The van der Waals surface area contributed by atoms with Crippen molar-refractivity contribution in [2.24, 2.45) is 5.92 Å². The zero-order chi connectivity index (χ0) is 17.1. The number of aromatic nitrogens is 3. The predicted molar refractivity (Wildman–Crippen MR) is 91.7 cm³/mol. The van der Waals surface area contributed by atoms with Gasteiger partial charge in [0.2, 0.25) is 0 Å². The van der Waals surface area contributed by atoms with Crippen LogP contribution in [0.25, 0.3) is 11.5 Å². The maximum absolute atomic E-state index is 12.4. The molecule has 0 bridgehead atoms. The average molecular weight is 334 g/mol. The van der Waals surface area contributed by atoms with Crippen molar-refractivity contribution < 1.29 is 9.32 Å². The first-order chi connectivity index (χ1) is 12.3. The van der Waals surface area contributed by atoms with Crippen LogP contribution >= 0.6 is 0 Å². The molecule has 1 unspecified atom stereocenters. The quantitative estimate of drug-likeness (QED) is 0.733. The molecule has 1 saturated heterocycles. The Morgan fingerprint density at radius 1 is 1.16 bits per heavy atom. The second kappa shape index (κ2) is 6.84. The van der Waals surface area contributed by atoms with E-state index in [0.29, 0.717) is 36.3 Å². The summed E-state index contributed by atoms with van der Waals surface area (Å²) in [7, 11) is 0. The van der Waals surface area contributed by atoms with Gasteiger partial charge in [0.05, 0.1) is 0 Å². The largest absolute Gasteiger partial charge is 0.337 e. The average Bonchev–Trinajstić information content (AvgIpc) is 3.33. The van der Waals surface area contributed by atoms with Crippen LogP contribution in [-0.2, 0) is 6.42 Å². The van der Waals surface area contributed by atoms with E-state index in [1.165, 1.54) is 0 Å². The fourth-order valence-corrected chi connectivity index (χ4v) is 3.13. The molecular formula is C19H18N4O2. The molecule has 6 heteroatoms. The van der Waals surface area contributed by atoms with Crippen LogP contribution < -0.4 is 0 Å². The van der Waals surface area contributed by atoms with Gasteiger partial charge in [-0.2, -0.15) is 4.98 Å². The second-order valence-electron chi connectivity index (χ2n) is 6.21. The van der Waals surface area contributed by atoms with E-state index in [9.17, 15) is 4.79 Å². The zero-order valence-electron chi connectivity index (χ0n) is 13.7. The number of amides is 1. The van der Waals surface area contributed by atoms with E-state index in [0.717, 1.165) is 18.5 Å². The van der Waals surface area contributed by atoms with Gasteiger partial charge >= 0.3 is 0 Å². The van der Waals surface area contributed by atoms with E-state index in [1.54, 1.807) is 12.3 Å². The number of rotatable bonds is 4. The lowest BCUT2D eigenvalue weighted by Crippen LogP contribution is -2.29. The number of nitrogens with zero attached hydrogens (tertiary/aromatic N) is 4. The van der Waals surface area contributed by atoms with E-state index < -0.39 is 0 Å². The van der Waals surface area contributed by atoms with Crippen molar-refractivity contribution in [1.29, 1.82) is 0 Å². The number of pyridine rings is 1. The molecular weight excluding hydrogens is 316 g/mol. The van der Waals surface area contributed by atoms with Gasteiger partial charge in [0.25, 0.3) is 11.8 Å². The molecule has 1 aliphatic rings. The zero-order valence-corrected chi connectivity index (χ0v) is 13.7. The number of carbonyl (C=O) groups is 1. The molecule has 6 nitrogen and oxygen atoms in total. The highest BCUT2D eigenvalue weighted by atomic mass is 16.5. The van der Waals surface area contributed by atoms with Gasteiger partial charge in [-0.05, 0) is 36.6 Å². The van der Waals surface area contributed by atoms with E-state index in [2.05, 4.69) is 15.1 Å². The summed E-state index contributed by atoms with van der Waals surface area (Å²) in [5.74, 6) is 1.56. The summed E-state index contributed by atoms with van der Waals surface area (Å²) in [4.78, 5) is 22.9. The minimum atomic E-state index is -0.0128. The van der Waals surface area contributed by atoms with Gasteiger partial charge in [-0.15, -0.1) is 0 Å². The summed E-state index contributed by atoms with van der Waals surface area (Å²) >= 11 is 0. The molecule has 3 heterocycles. The number of benzene rings is 1. The number of hydrogen-bond acceptors (Lipinski definition) is 5. The van der Waals surface area contributed by atoms with Crippen LogP contribution in [0.3, 0.4) is 0 Å². The normalized spacial score (nSPS) is 17.0. The Bertz CT molecular complexity index is 848. The van der Waals surface area contributed by atoms with E-state index in [4.69, 9.17) is 4.52 Å². The van der Waals surface area contributed by atoms with Crippen molar-refractivity contribution >= 4 is 5.91 Å². The molecule has 0 spiro atoms. The molecule has 25 heavy (non-hydrogen) atoms. The molecule has 1 fully saturated rings. The van der Waals surface area contributed by atoms with Crippen LogP contribution in [0.1, 0.15) is 22.7 Å². The van der Waals surface area contributed by atoms with Gasteiger partial charge in [0, 0.05) is 31.3 Å². The first-order valence-electron chi connectivity index (χ1n) is 8.38. The van der Waals surface area contributed by atoms with Crippen molar-refractivity contribution in [2.75, 3.05) is 13.1 Å². The summed E-state index contributed by atoms with van der Waals surface area (Å²) in [5, 5.41) is 4.08. The predicted octanol–water partition coefficient (Wildman–Crippen LogP) is 2.84. The van der Waals surface area contributed by atoms with Crippen LogP contribution in [-0.4, -0.2) is 39.0 Å². The summed E-state index contributed by atoms with van der Waals surface area (Å²) < 4.78 is 5.35. The second-order valence-corrected chi connectivity index (χ2v) is 6.21. The summed E-state index contributed by atoms with van der Waals surface area (Å²) in [6.45, 7) is 1.44. The number of carbonyl (C=O) groups excluding carboxylic acids is 1. The lowest BCUT2D eigenvalue weighted by molar-refractivity contribution is 0.0781. The highest BCUT2D eigenvalue weighted by Crippen LogP contribution is 2.23. The highest BCUT2D eigenvalue weighted by Gasteiger charge is 2.28. The van der Waals surface area contributed by atoms with Crippen LogP contribution in [0.4, 0.5) is 0 Å². The first-order valence-corrected chi connectivity index (χ1v) is 8.38. The minimum Gasteiger partial charge on any atom is -0.337 e. The molecule has 1 atom stereocenters. The molecule has 126 valence electrons. The summed E-state index contributed by atoms with van der Waals surface area (Å²) in [5.41, 5.74) is 1.41. The Morgan fingerprint density at radius 3 is 2.80 bits per heavy atom. The van der Waals surface area contributed by atoms with Crippen LogP contribution in [0.5, 0.6) is 0 Å². The van der Waals surface area contributed by atoms with Crippen LogP contribution in [0.15, 0.2) is 59.3 Å². The monoisotopic (exact) mass is 334 g/mol. The lowest BCUT2D eigenvalue weighted by Gasteiger charge is -2.15. The minimum absolute atomic E-state index is 0.0128. The third-order valence-electron chi connectivity index (χ3n) is 4.42. The van der Waals surface area contributed by atoms with Crippen molar-refractivity contribution in [3.63, 3.8) is 0 Å². The van der Waals surface area contributed by atoms with E-state index >= 15 is 0 Å². The SMILES string of the molecule is O=C(c1ccccn1)N1CCC(Cc2noc(-c3ccccc3)n2)C1. The molecule has 0 radical (unpaired) electrons. The van der Waals surface area contributed by atoms with Gasteiger partial charge in [-0.3, -0.25) is 9.78 Å². The van der Waals surface area contributed by atoms with E-state index in [1.807, 2.05) is 47.4 Å². The maximum Gasteiger partial charge on any atom is 0.272 e. The Hall–Kier alpha value is -3.02. The number of hydrogen-bond donors (Lipinski definition) is 0. The van der Waals surface area contributed by atoms with Gasteiger partial charge in [-0.25, -0.2) is 0 Å². The Balaban J connectivity index is 1.39. The Labute approximate surface area is 145 Å². The lowest BCUT2D eigenvalue weighted by atomic mass is 10.1. The third kappa shape index (κ3) is 3.42. The van der Waals surface area contributed by atoms with Crippen LogP contribution in [0, 0.1) is 5.92 Å². The van der Waals surface area contributed by atoms with Gasteiger partial charge < -0.3 is 9.42 Å². The van der Waals surface area contributed by atoms with Gasteiger partial charge in [-0.1, -0.05) is 29.4 Å². The first kappa shape index (κ1) is 15.5. The molecule has 1 amide bonds. The van der Waals surface area contributed by atoms with Crippen molar-refractivity contribution in [1.82, 2.24) is 20.0 Å². The van der Waals surface area contributed by atoms with Crippen molar-refractivity contribution in [2.45, 2.75) is 12.8 Å². The molecule has 0 N–H and O–H groups in total. The highest BCUT2D eigenvalue weighted by molar-refractivity contribution is 5.92. The molecule has 4 rings (SSSR count). The van der Waals surface area contributed by atoms with Gasteiger partial charge in [0.15, 0.2) is 5.82 Å². The van der Waals surface area contributed by atoms with Gasteiger partial charge in [0.1, 0.15) is 5.69 Å².